The first-order valence-corrected chi connectivity index (χ1v) is 9.09. The molecule has 2 aromatic rings. The molecule has 0 saturated carbocycles. The van der Waals surface area contributed by atoms with Crippen LogP contribution in [0, 0.1) is 0 Å². The van der Waals surface area contributed by atoms with E-state index in [1.165, 1.54) is 24.3 Å². The molecule has 0 aliphatic rings. The van der Waals surface area contributed by atoms with E-state index in [-0.39, 0.29) is 22.3 Å². The summed E-state index contributed by atoms with van der Waals surface area (Å²) in [6.07, 6.45) is -4.73. The van der Waals surface area contributed by atoms with Gasteiger partial charge in [0.2, 0.25) is 0 Å². The molecule has 3 N–H and O–H groups in total. The number of ether oxygens (including phenoxy) is 1. The summed E-state index contributed by atoms with van der Waals surface area (Å²) in [6.45, 7) is 12.0. The van der Waals surface area contributed by atoms with Crippen LogP contribution >= 0.6 is 0 Å². The second-order valence-corrected chi connectivity index (χ2v) is 9.06. The molecule has 2 aromatic carbocycles. The smallest absolute Gasteiger partial charge is 0.507 e. The van der Waals surface area contributed by atoms with E-state index in [9.17, 15) is 18.3 Å². The highest BCUT2D eigenvalue weighted by molar-refractivity contribution is 5.52. The van der Waals surface area contributed by atoms with E-state index in [0.717, 1.165) is 16.7 Å². The number of nitrogens with two attached hydrogens (primary N) is 1. The molecule has 0 spiro atoms. The van der Waals surface area contributed by atoms with Gasteiger partial charge in [-0.05, 0) is 57.3 Å². The SMILES string of the molecule is CC(C)(C)c1cc([C@@H](N)c2ccc(OC(F)(F)F)cc2)cc(C(C)(C)C)c1O. The first kappa shape index (κ1) is 22.1. The fourth-order valence-corrected chi connectivity index (χ4v) is 3.05. The molecule has 0 saturated heterocycles. The van der Waals surface area contributed by atoms with Crippen LogP contribution in [0.5, 0.6) is 11.5 Å². The monoisotopic (exact) mass is 395 g/mol. The molecule has 0 aromatic heterocycles. The molecule has 3 nitrogen and oxygen atoms in total. The van der Waals surface area contributed by atoms with Crippen LogP contribution in [0.2, 0.25) is 0 Å². The molecule has 0 amide bonds. The van der Waals surface area contributed by atoms with Crippen molar-refractivity contribution in [3.05, 3.63) is 58.7 Å². The fraction of sp³-hybridized carbons (Fsp3) is 0.455. The van der Waals surface area contributed by atoms with Crippen molar-refractivity contribution in [3.8, 4) is 11.5 Å². The molecule has 0 aliphatic heterocycles. The first-order chi connectivity index (χ1) is 12.6. The van der Waals surface area contributed by atoms with Gasteiger partial charge < -0.3 is 15.6 Å². The number of phenols is 1. The number of aromatic hydroxyl groups is 1. The summed E-state index contributed by atoms with van der Waals surface area (Å²) >= 11 is 0. The van der Waals surface area contributed by atoms with Crippen LogP contribution in [-0.4, -0.2) is 11.5 Å². The summed E-state index contributed by atoms with van der Waals surface area (Å²) in [4.78, 5) is 0. The van der Waals surface area contributed by atoms with E-state index in [0.29, 0.717) is 5.56 Å². The molecule has 0 heterocycles. The van der Waals surface area contributed by atoms with Crippen molar-refractivity contribution in [2.24, 2.45) is 5.73 Å². The fourth-order valence-electron chi connectivity index (χ4n) is 3.05. The van der Waals surface area contributed by atoms with Gasteiger partial charge in [0.1, 0.15) is 11.5 Å². The van der Waals surface area contributed by atoms with Gasteiger partial charge in [-0.25, -0.2) is 0 Å². The quantitative estimate of drug-likeness (QED) is 0.677. The summed E-state index contributed by atoms with van der Waals surface area (Å²) in [5, 5.41) is 10.8. The normalized spacial score (nSPS) is 14.1. The lowest BCUT2D eigenvalue weighted by molar-refractivity contribution is -0.274. The van der Waals surface area contributed by atoms with Gasteiger partial charge in [-0.1, -0.05) is 53.7 Å². The molecule has 0 aliphatic carbocycles. The largest absolute Gasteiger partial charge is 0.573 e. The number of halogens is 3. The average Bonchev–Trinajstić information content (AvgIpc) is 2.51. The standard InChI is InChI=1S/C22H28F3NO2/c1-20(2,3)16-11-14(12-17(19(16)27)21(4,5)6)18(26)13-7-9-15(10-8-13)28-22(23,24)25/h7-12,18,27H,26H2,1-6H3/t18-/m0/s1. The Morgan fingerprint density at radius 2 is 1.25 bits per heavy atom. The highest BCUT2D eigenvalue weighted by atomic mass is 19.4. The predicted molar refractivity (Wildman–Crippen MR) is 105 cm³/mol. The maximum atomic E-state index is 12.3. The number of alkyl halides is 3. The van der Waals surface area contributed by atoms with E-state index in [4.69, 9.17) is 5.73 Å². The van der Waals surface area contributed by atoms with Crippen molar-refractivity contribution in [2.45, 2.75) is 64.8 Å². The van der Waals surface area contributed by atoms with Crippen LogP contribution in [-0.2, 0) is 10.8 Å². The Labute approximate surface area is 164 Å². The van der Waals surface area contributed by atoms with Crippen molar-refractivity contribution >= 4 is 0 Å². The lowest BCUT2D eigenvalue weighted by atomic mass is 9.77. The lowest BCUT2D eigenvalue weighted by Gasteiger charge is -2.29. The maximum Gasteiger partial charge on any atom is 0.573 e. The van der Waals surface area contributed by atoms with Crippen molar-refractivity contribution in [3.63, 3.8) is 0 Å². The minimum absolute atomic E-state index is 0.255. The van der Waals surface area contributed by atoms with Crippen molar-refractivity contribution in [1.82, 2.24) is 0 Å². The Hall–Kier alpha value is -2.21. The molecule has 0 radical (unpaired) electrons. The molecule has 0 fully saturated rings. The summed E-state index contributed by atoms with van der Waals surface area (Å²) in [5.74, 6) is -0.0372. The molecular formula is C22H28F3NO2. The molecule has 154 valence electrons. The Balaban J connectivity index is 2.49. The Bertz CT molecular complexity index is 794. The highest BCUT2D eigenvalue weighted by Gasteiger charge is 2.31. The minimum Gasteiger partial charge on any atom is -0.507 e. The van der Waals surface area contributed by atoms with Crippen molar-refractivity contribution in [2.75, 3.05) is 0 Å². The Kier molecular flexibility index (Phi) is 5.77. The summed E-state index contributed by atoms with van der Waals surface area (Å²) < 4.78 is 40.9. The zero-order chi connectivity index (χ0) is 21.5. The molecule has 6 heteroatoms. The van der Waals surface area contributed by atoms with Gasteiger partial charge in [-0.15, -0.1) is 13.2 Å². The third kappa shape index (κ3) is 5.19. The van der Waals surface area contributed by atoms with Crippen LogP contribution in [0.4, 0.5) is 13.2 Å². The van der Waals surface area contributed by atoms with Gasteiger partial charge in [-0.2, -0.15) is 0 Å². The van der Waals surface area contributed by atoms with E-state index in [2.05, 4.69) is 4.74 Å². The molecule has 0 bridgehead atoms. The predicted octanol–water partition coefficient (Wildman–Crippen LogP) is 5.93. The van der Waals surface area contributed by atoms with Gasteiger partial charge in [0, 0.05) is 0 Å². The topological polar surface area (TPSA) is 55.5 Å². The van der Waals surface area contributed by atoms with Crippen molar-refractivity contribution < 1.29 is 23.0 Å². The first-order valence-electron chi connectivity index (χ1n) is 9.09. The second kappa shape index (κ2) is 7.32. The second-order valence-electron chi connectivity index (χ2n) is 9.06. The Morgan fingerprint density at radius 3 is 1.61 bits per heavy atom. The molecule has 1 atom stereocenters. The molecule has 2 rings (SSSR count). The molecular weight excluding hydrogens is 367 g/mol. The molecule has 28 heavy (non-hydrogen) atoms. The van der Waals surface area contributed by atoms with Crippen LogP contribution < -0.4 is 10.5 Å². The van der Waals surface area contributed by atoms with Crippen LogP contribution in [0.25, 0.3) is 0 Å². The highest BCUT2D eigenvalue weighted by Crippen LogP contribution is 2.41. The van der Waals surface area contributed by atoms with Crippen molar-refractivity contribution in [1.29, 1.82) is 0 Å². The zero-order valence-corrected chi connectivity index (χ0v) is 17.1. The number of phenolic OH excluding ortho intramolecular Hbond substituents is 1. The van der Waals surface area contributed by atoms with Gasteiger partial charge >= 0.3 is 6.36 Å². The van der Waals surface area contributed by atoms with E-state index < -0.39 is 12.4 Å². The molecule has 0 unspecified atom stereocenters. The average molecular weight is 395 g/mol. The van der Waals surface area contributed by atoms with Gasteiger partial charge in [-0.3, -0.25) is 0 Å². The number of hydrogen-bond donors (Lipinski definition) is 2. The van der Waals surface area contributed by atoms with Crippen LogP contribution in [0.3, 0.4) is 0 Å². The van der Waals surface area contributed by atoms with Gasteiger partial charge in [0.05, 0.1) is 6.04 Å². The van der Waals surface area contributed by atoms with Gasteiger partial charge in [0.25, 0.3) is 0 Å². The van der Waals surface area contributed by atoms with Crippen LogP contribution in [0.15, 0.2) is 36.4 Å². The van der Waals surface area contributed by atoms with E-state index >= 15 is 0 Å². The summed E-state index contributed by atoms with van der Waals surface area (Å²) in [5.41, 5.74) is 8.82. The third-order valence-electron chi connectivity index (χ3n) is 4.58. The third-order valence-corrected chi connectivity index (χ3v) is 4.58. The van der Waals surface area contributed by atoms with Crippen LogP contribution in [0.1, 0.15) is 69.8 Å². The summed E-state index contributed by atoms with van der Waals surface area (Å²) in [7, 11) is 0. The number of hydrogen-bond acceptors (Lipinski definition) is 3. The van der Waals surface area contributed by atoms with E-state index in [1.54, 1.807) is 0 Å². The zero-order valence-electron chi connectivity index (χ0n) is 17.1. The number of benzene rings is 2. The lowest BCUT2D eigenvalue weighted by Crippen LogP contribution is -2.20. The summed E-state index contributed by atoms with van der Waals surface area (Å²) in [6, 6.07) is 8.72. The Morgan fingerprint density at radius 1 is 0.821 bits per heavy atom. The number of rotatable bonds is 3. The van der Waals surface area contributed by atoms with E-state index in [1.807, 2.05) is 53.7 Å². The van der Waals surface area contributed by atoms with Gasteiger partial charge in [0.15, 0.2) is 0 Å². The maximum absolute atomic E-state index is 12.3. The minimum atomic E-state index is -4.73.